The third-order valence-electron chi connectivity index (χ3n) is 2.75. The minimum Gasteiger partial charge on any atom is -0.478 e. The second-order valence-electron chi connectivity index (χ2n) is 4.17. The number of anilines is 1. The van der Waals surface area contributed by atoms with Gasteiger partial charge in [0, 0.05) is 6.07 Å². The van der Waals surface area contributed by atoms with Gasteiger partial charge in [-0.15, -0.1) is 0 Å². The van der Waals surface area contributed by atoms with Crippen molar-refractivity contribution in [2.24, 2.45) is 0 Å². The van der Waals surface area contributed by atoms with Gasteiger partial charge in [-0.2, -0.15) is 0 Å². The molecule has 9 heteroatoms. The summed E-state index contributed by atoms with van der Waals surface area (Å²) < 4.78 is 0. The molecule has 0 saturated heterocycles. The van der Waals surface area contributed by atoms with Crippen molar-refractivity contribution < 1.29 is 30.1 Å². The lowest BCUT2D eigenvalue weighted by Crippen LogP contribution is -2.49. The van der Waals surface area contributed by atoms with Gasteiger partial charge < -0.3 is 25.7 Å². The second kappa shape index (κ2) is 6.28. The van der Waals surface area contributed by atoms with Gasteiger partial charge in [0.25, 0.3) is 5.69 Å². The molecule has 0 radical (unpaired) electrons. The molecule has 0 amide bonds. The summed E-state index contributed by atoms with van der Waals surface area (Å²) in [4.78, 5) is 21.0. The summed E-state index contributed by atoms with van der Waals surface area (Å²) in [6.45, 7) is -2.10. The highest BCUT2D eigenvalue weighted by Gasteiger charge is 2.30. The molecular weight excluding hydrogens is 272 g/mol. The third kappa shape index (κ3) is 3.20. The molecule has 1 rings (SSSR count). The third-order valence-corrected chi connectivity index (χ3v) is 2.75. The van der Waals surface area contributed by atoms with Crippen molar-refractivity contribution in [3.63, 3.8) is 0 Å². The van der Waals surface area contributed by atoms with Gasteiger partial charge in [-0.25, -0.2) is 4.79 Å². The van der Waals surface area contributed by atoms with Gasteiger partial charge >= 0.3 is 5.97 Å². The average molecular weight is 286 g/mol. The van der Waals surface area contributed by atoms with E-state index in [1.807, 2.05) is 0 Å². The molecule has 0 unspecified atom stereocenters. The van der Waals surface area contributed by atoms with E-state index in [9.17, 15) is 30.2 Å². The van der Waals surface area contributed by atoms with E-state index in [1.165, 1.54) is 0 Å². The zero-order chi connectivity index (χ0) is 15.3. The van der Waals surface area contributed by atoms with Crippen LogP contribution < -0.4 is 5.32 Å². The van der Waals surface area contributed by atoms with E-state index in [1.54, 1.807) is 0 Å². The number of benzene rings is 1. The lowest BCUT2D eigenvalue weighted by molar-refractivity contribution is -0.384. The Morgan fingerprint density at radius 3 is 2.20 bits per heavy atom. The topological polar surface area (TPSA) is 153 Å². The fourth-order valence-corrected chi connectivity index (χ4v) is 1.48. The molecule has 0 aromatic heterocycles. The number of hydrogen-bond acceptors (Lipinski definition) is 7. The van der Waals surface area contributed by atoms with E-state index in [2.05, 4.69) is 5.32 Å². The number of aliphatic hydroxyl groups excluding tert-OH is 3. The van der Waals surface area contributed by atoms with Crippen molar-refractivity contribution in [1.82, 2.24) is 0 Å². The molecule has 0 fully saturated rings. The number of carbonyl (C=O) groups is 1. The van der Waals surface area contributed by atoms with Gasteiger partial charge in [-0.3, -0.25) is 10.1 Å². The van der Waals surface area contributed by atoms with Gasteiger partial charge in [0.2, 0.25) is 0 Å². The van der Waals surface area contributed by atoms with E-state index >= 15 is 0 Å². The maximum absolute atomic E-state index is 10.9. The van der Waals surface area contributed by atoms with Crippen LogP contribution in [0, 0.1) is 10.1 Å². The molecule has 0 bridgehead atoms. The molecule has 0 atom stereocenters. The van der Waals surface area contributed by atoms with E-state index < -0.39 is 41.9 Å². The zero-order valence-electron chi connectivity index (χ0n) is 10.3. The van der Waals surface area contributed by atoms with Crippen LogP contribution in [-0.2, 0) is 0 Å². The minimum absolute atomic E-state index is 0.208. The second-order valence-corrected chi connectivity index (χ2v) is 4.17. The van der Waals surface area contributed by atoms with E-state index in [-0.39, 0.29) is 11.3 Å². The molecule has 0 heterocycles. The fourth-order valence-electron chi connectivity index (χ4n) is 1.48. The Labute approximate surface area is 113 Å². The molecule has 0 spiro atoms. The first kappa shape index (κ1) is 15.8. The predicted molar refractivity (Wildman–Crippen MR) is 67.7 cm³/mol. The first-order valence-corrected chi connectivity index (χ1v) is 5.51. The first-order chi connectivity index (χ1) is 9.39. The molecule has 1 aromatic carbocycles. The smallest absolute Gasteiger partial charge is 0.335 e. The lowest BCUT2D eigenvalue weighted by atomic mass is 10.0. The number of carboxylic acids is 1. The van der Waals surface area contributed by atoms with E-state index in [4.69, 9.17) is 5.11 Å². The number of nitro groups is 1. The van der Waals surface area contributed by atoms with Crippen LogP contribution in [0.4, 0.5) is 11.4 Å². The summed E-state index contributed by atoms with van der Waals surface area (Å²) in [7, 11) is 0. The molecule has 0 saturated carbocycles. The number of aliphatic hydroxyl groups is 3. The summed E-state index contributed by atoms with van der Waals surface area (Å²) in [5, 5.41) is 49.7. The Balaban J connectivity index is 3.29. The number of hydrogen-bond donors (Lipinski definition) is 5. The summed E-state index contributed by atoms with van der Waals surface area (Å²) in [6.07, 6.45) is 0. The summed E-state index contributed by atoms with van der Waals surface area (Å²) in [5.41, 5.74) is -2.45. The zero-order valence-corrected chi connectivity index (χ0v) is 10.3. The van der Waals surface area contributed by atoms with Gasteiger partial charge in [0.05, 0.1) is 30.3 Å². The van der Waals surface area contributed by atoms with Crippen molar-refractivity contribution in [1.29, 1.82) is 0 Å². The van der Waals surface area contributed by atoms with Crippen LogP contribution >= 0.6 is 0 Å². The van der Waals surface area contributed by atoms with E-state index in [0.29, 0.717) is 0 Å². The SMILES string of the molecule is O=C(O)c1ccc([N+](=O)[O-])c(NC(CO)(CO)CO)c1. The first-order valence-electron chi connectivity index (χ1n) is 5.51. The maximum atomic E-state index is 10.9. The highest BCUT2D eigenvalue weighted by molar-refractivity contribution is 5.90. The van der Waals surface area contributed by atoms with Gasteiger partial charge in [0.1, 0.15) is 11.2 Å². The molecule has 0 aliphatic heterocycles. The predicted octanol–water partition coefficient (Wildman–Crippen LogP) is -0.579. The van der Waals surface area contributed by atoms with Crippen LogP contribution in [0.1, 0.15) is 10.4 Å². The fraction of sp³-hybridized carbons (Fsp3) is 0.364. The number of carboxylic acid groups (broad SMARTS) is 1. The molecule has 20 heavy (non-hydrogen) atoms. The van der Waals surface area contributed by atoms with Crippen LogP contribution in [0.2, 0.25) is 0 Å². The Bertz CT molecular complexity index is 505. The number of aromatic carboxylic acids is 1. The Hall–Kier alpha value is -2.23. The van der Waals surface area contributed by atoms with Crippen molar-refractivity contribution in [3.8, 4) is 0 Å². The molecule has 9 nitrogen and oxygen atoms in total. The average Bonchev–Trinajstić information content (AvgIpc) is 2.44. The van der Waals surface area contributed by atoms with Gasteiger partial charge in [-0.05, 0) is 12.1 Å². The summed E-state index contributed by atoms with van der Waals surface area (Å²) >= 11 is 0. The van der Waals surface area contributed by atoms with Crippen LogP contribution in [0.25, 0.3) is 0 Å². The minimum atomic E-state index is -1.60. The highest BCUT2D eigenvalue weighted by atomic mass is 16.6. The number of nitrogens with zero attached hydrogens (tertiary/aromatic N) is 1. The van der Waals surface area contributed by atoms with Crippen LogP contribution in [0.15, 0.2) is 18.2 Å². The Kier molecular flexibility index (Phi) is 4.97. The van der Waals surface area contributed by atoms with Crippen molar-refractivity contribution in [2.45, 2.75) is 5.54 Å². The van der Waals surface area contributed by atoms with Gasteiger partial charge in [0.15, 0.2) is 0 Å². The summed E-state index contributed by atoms with van der Waals surface area (Å²) in [5.74, 6) is -1.29. The standard InChI is InChI=1S/C11H14N2O7/c14-4-11(5-15,6-16)12-8-3-7(10(17)18)1-2-9(8)13(19)20/h1-3,12,14-16H,4-6H2,(H,17,18). The molecule has 0 aliphatic rings. The van der Waals surface area contributed by atoms with Crippen LogP contribution in [0.5, 0.6) is 0 Å². The Morgan fingerprint density at radius 2 is 1.80 bits per heavy atom. The maximum Gasteiger partial charge on any atom is 0.335 e. The Morgan fingerprint density at radius 1 is 1.25 bits per heavy atom. The number of nitrogens with one attached hydrogen (secondary N) is 1. The molecular formula is C11H14N2O7. The molecule has 0 aliphatic carbocycles. The normalized spacial score (nSPS) is 11.2. The number of nitro benzene ring substituents is 1. The number of rotatable bonds is 7. The van der Waals surface area contributed by atoms with Crippen molar-refractivity contribution in [2.75, 3.05) is 25.1 Å². The molecule has 110 valence electrons. The van der Waals surface area contributed by atoms with Crippen LogP contribution in [0.3, 0.4) is 0 Å². The quantitative estimate of drug-likeness (QED) is 0.329. The summed E-state index contributed by atoms with van der Waals surface area (Å²) in [6, 6.07) is 3.04. The van der Waals surface area contributed by atoms with E-state index in [0.717, 1.165) is 18.2 Å². The van der Waals surface area contributed by atoms with Crippen molar-refractivity contribution >= 4 is 17.3 Å². The monoisotopic (exact) mass is 286 g/mol. The largest absolute Gasteiger partial charge is 0.478 e. The molecule has 5 N–H and O–H groups in total. The lowest BCUT2D eigenvalue weighted by Gasteiger charge is -2.29. The van der Waals surface area contributed by atoms with Crippen molar-refractivity contribution in [3.05, 3.63) is 33.9 Å². The van der Waals surface area contributed by atoms with Crippen LogP contribution in [-0.4, -0.2) is 56.7 Å². The molecule has 1 aromatic rings. The van der Waals surface area contributed by atoms with Gasteiger partial charge in [-0.1, -0.05) is 0 Å². The highest BCUT2D eigenvalue weighted by Crippen LogP contribution is 2.28.